The van der Waals surface area contributed by atoms with E-state index in [-0.39, 0.29) is 17.2 Å². The van der Waals surface area contributed by atoms with Crippen LogP contribution < -0.4 is 0 Å². The highest BCUT2D eigenvalue weighted by atomic mass is 79.9. The highest BCUT2D eigenvalue weighted by Gasteiger charge is 2.19. The average Bonchev–Trinajstić information content (AvgIpc) is 2.17. The molecule has 0 bridgehead atoms. The lowest BCUT2D eigenvalue weighted by molar-refractivity contribution is -0.137. The maximum absolute atomic E-state index is 11.5. The number of Topliss-reactive ketones (excluding diaryl/α,β-unsaturated/α-hetero) is 1. The smallest absolute Gasteiger partial charge is 0.379 e. The van der Waals surface area contributed by atoms with Gasteiger partial charge in [0.05, 0.1) is 11.6 Å². The van der Waals surface area contributed by atoms with Gasteiger partial charge in [-0.3, -0.25) is 4.79 Å². The van der Waals surface area contributed by atoms with Crippen molar-refractivity contribution in [2.24, 2.45) is 0 Å². The predicted octanol–water partition coefficient (Wildman–Crippen LogP) is 2.85. The second-order valence-electron chi connectivity index (χ2n) is 2.67. The molecule has 1 rings (SSSR count). The van der Waals surface area contributed by atoms with Gasteiger partial charge in [0.15, 0.2) is 0 Å². The van der Waals surface area contributed by atoms with Crippen LogP contribution in [0.1, 0.15) is 17.3 Å². The van der Waals surface area contributed by atoms with Crippen LogP contribution in [0.4, 0.5) is 0 Å². The second kappa shape index (κ2) is 5.28. The van der Waals surface area contributed by atoms with Crippen LogP contribution in [0.3, 0.4) is 0 Å². The van der Waals surface area contributed by atoms with E-state index in [0.717, 1.165) is 4.47 Å². The third kappa shape index (κ3) is 3.04. The maximum atomic E-state index is 11.5. The molecule has 80 valence electrons. The molecule has 0 aromatic heterocycles. The molecule has 0 fully saturated rings. The summed E-state index contributed by atoms with van der Waals surface area (Å²) in [6.45, 7) is 1.80. The summed E-state index contributed by atoms with van der Waals surface area (Å²) in [7, 11) is 0. The standard InChI is InChI=1S/C10H8BrClO3/c1-2-15-10(14)9(13)7-4-3-6(11)5-8(7)12/h3-5H,2H2,1H3. The summed E-state index contributed by atoms with van der Waals surface area (Å²) in [6.07, 6.45) is 0. The normalized spacial score (nSPS) is 9.80. The molecule has 1 aromatic rings. The zero-order valence-corrected chi connectivity index (χ0v) is 10.3. The minimum atomic E-state index is -0.887. The van der Waals surface area contributed by atoms with Crippen LogP contribution in [0.25, 0.3) is 0 Å². The third-order valence-corrected chi connectivity index (χ3v) is 2.44. The van der Waals surface area contributed by atoms with Crippen LogP contribution in [0.2, 0.25) is 5.02 Å². The number of esters is 1. The van der Waals surface area contributed by atoms with Crippen molar-refractivity contribution in [3.8, 4) is 0 Å². The molecule has 0 heterocycles. The topological polar surface area (TPSA) is 43.4 Å². The van der Waals surface area contributed by atoms with Crippen LogP contribution in [0.5, 0.6) is 0 Å². The number of hydrogen-bond acceptors (Lipinski definition) is 3. The van der Waals surface area contributed by atoms with Gasteiger partial charge in [-0.1, -0.05) is 27.5 Å². The van der Waals surface area contributed by atoms with Gasteiger partial charge in [-0.25, -0.2) is 4.79 Å². The van der Waals surface area contributed by atoms with E-state index in [1.54, 1.807) is 19.1 Å². The monoisotopic (exact) mass is 290 g/mol. The van der Waals surface area contributed by atoms with E-state index in [4.69, 9.17) is 11.6 Å². The second-order valence-corrected chi connectivity index (χ2v) is 4.00. The van der Waals surface area contributed by atoms with Gasteiger partial charge in [0.1, 0.15) is 0 Å². The summed E-state index contributed by atoms with van der Waals surface area (Å²) in [5.41, 5.74) is 0.151. The van der Waals surface area contributed by atoms with Gasteiger partial charge < -0.3 is 4.74 Å². The zero-order chi connectivity index (χ0) is 11.4. The molecule has 0 aliphatic rings. The Hall–Kier alpha value is -0.870. The zero-order valence-electron chi connectivity index (χ0n) is 7.92. The Morgan fingerprint density at radius 1 is 1.47 bits per heavy atom. The largest absolute Gasteiger partial charge is 0.460 e. The Morgan fingerprint density at radius 3 is 2.67 bits per heavy atom. The number of rotatable bonds is 3. The lowest BCUT2D eigenvalue weighted by Gasteiger charge is -2.03. The Balaban J connectivity index is 2.96. The van der Waals surface area contributed by atoms with E-state index in [2.05, 4.69) is 20.7 Å². The SMILES string of the molecule is CCOC(=O)C(=O)c1ccc(Br)cc1Cl. The maximum Gasteiger partial charge on any atom is 0.379 e. The summed E-state index contributed by atoms with van der Waals surface area (Å²) in [5, 5.41) is 0.224. The summed E-state index contributed by atoms with van der Waals surface area (Å²) >= 11 is 9.01. The lowest BCUT2D eigenvalue weighted by Crippen LogP contribution is -2.17. The van der Waals surface area contributed by atoms with E-state index in [0.29, 0.717) is 0 Å². The van der Waals surface area contributed by atoms with E-state index in [1.165, 1.54) is 6.07 Å². The van der Waals surface area contributed by atoms with Crippen LogP contribution in [-0.4, -0.2) is 18.4 Å². The average molecular weight is 292 g/mol. The van der Waals surface area contributed by atoms with Crippen LogP contribution in [0.15, 0.2) is 22.7 Å². The number of carbonyl (C=O) groups is 2. The van der Waals surface area contributed by atoms with Crippen molar-refractivity contribution in [3.63, 3.8) is 0 Å². The van der Waals surface area contributed by atoms with Crippen molar-refractivity contribution in [1.82, 2.24) is 0 Å². The molecule has 0 aliphatic carbocycles. The first kappa shape index (κ1) is 12.2. The molecule has 0 saturated carbocycles. The van der Waals surface area contributed by atoms with Gasteiger partial charge in [0.25, 0.3) is 5.78 Å². The van der Waals surface area contributed by atoms with Crippen LogP contribution >= 0.6 is 27.5 Å². The molecule has 5 heteroatoms. The molecule has 0 aliphatic heterocycles. The van der Waals surface area contributed by atoms with Gasteiger partial charge in [0, 0.05) is 10.0 Å². The first-order valence-corrected chi connectivity index (χ1v) is 5.40. The minimum absolute atomic E-state index is 0.151. The Morgan fingerprint density at radius 2 is 2.13 bits per heavy atom. The highest BCUT2D eigenvalue weighted by molar-refractivity contribution is 9.10. The Kier molecular flexibility index (Phi) is 4.29. The molecule has 0 spiro atoms. The fraction of sp³-hybridized carbons (Fsp3) is 0.200. The van der Waals surface area contributed by atoms with Crippen molar-refractivity contribution in [2.75, 3.05) is 6.61 Å². The quantitative estimate of drug-likeness (QED) is 0.488. The molecule has 0 saturated heterocycles. The molecule has 0 unspecified atom stereocenters. The molecule has 1 aromatic carbocycles. The molecule has 0 radical (unpaired) electrons. The summed E-state index contributed by atoms with van der Waals surface area (Å²) < 4.78 is 5.33. The number of hydrogen-bond donors (Lipinski definition) is 0. The first-order valence-electron chi connectivity index (χ1n) is 4.22. The summed E-state index contributed by atoms with van der Waals surface area (Å²) in [5.74, 6) is -1.61. The number of ketones is 1. The van der Waals surface area contributed by atoms with Gasteiger partial charge >= 0.3 is 5.97 Å². The predicted molar refractivity (Wildman–Crippen MR) is 60.1 cm³/mol. The highest BCUT2D eigenvalue weighted by Crippen LogP contribution is 2.21. The van der Waals surface area contributed by atoms with Crippen LogP contribution in [0, 0.1) is 0 Å². The van der Waals surface area contributed by atoms with Crippen molar-refractivity contribution in [2.45, 2.75) is 6.92 Å². The van der Waals surface area contributed by atoms with Crippen molar-refractivity contribution in [3.05, 3.63) is 33.3 Å². The van der Waals surface area contributed by atoms with Gasteiger partial charge in [-0.2, -0.15) is 0 Å². The first-order chi connectivity index (χ1) is 7.06. The Labute approximate surface area is 100 Å². The minimum Gasteiger partial charge on any atom is -0.460 e. The Bertz CT molecular complexity index is 404. The van der Waals surface area contributed by atoms with Gasteiger partial charge in [-0.05, 0) is 25.1 Å². The van der Waals surface area contributed by atoms with E-state index >= 15 is 0 Å². The molecular weight excluding hydrogens is 283 g/mol. The van der Waals surface area contributed by atoms with Gasteiger partial charge in [-0.15, -0.1) is 0 Å². The fourth-order valence-corrected chi connectivity index (χ4v) is 1.74. The summed E-state index contributed by atoms with van der Waals surface area (Å²) in [6, 6.07) is 4.66. The molecular formula is C10H8BrClO3. The van der Waals surface area contributed by atoms with Gasteiger partial charge in [0.2, 0.25) is 0 Å². The number of halogens is 2. The number of benzene rings is 1. The van der Waals surface area contributed by atoms with E-state index < -0.39 is 11.8 Å². The lowest BCUT2D eigenvalue weighted by atomic mass is 10.1. The molecule has 15 heavy (non-hydrogen) atoms. The third-order valence-electron chi connectivity index (χ3n) is 1.64. The molecule has 0 atom stereocenters. The molecule has 0 amide bonds. The van der Waals surface area contributed by atoms with Crippen LogP contribution in [-0.2, 0) is 9.53 Å². The van der Waals surface area contributed by atoms with Crippen molar-refractivity contribution >= 4 is 39.3 Å². The fourth-order valence-electron chi connectivity index (χ4n) is 0.980. The molecule has 0 N–H and O–H groups in total. The van der Waals surface area contributed by atoms with Crippen molar-refractivity contribution < 1.29 is 14.3 Å². The van der Waals surface area contributed by atoms with E-state index in [1.807, 2.05) is 0 Å². The van der Waals surface area contributed by atoms with Crippen molar-refractivity contribution in [1.29, 1.82) is 0 Å². The molecule has 3 nitrogen and oxygen atoms in total. The summed E-state index contributed by atoms with van der Waals surface area (Å²) in [4.78, 5) is 22.6. The van der Waals surface area contributed by atoms with E-state index in [9.17, 15) is 9.59 Å². The number of carbonyl (C=O) groups excluding carboxylic acids is 2. The number of ether oxygens (including phenoxy) is 1.